The number of amides is 1. The highest BCUT2D eigenvalue weighted by Crippen LogP contribution is 2.19. The van der Waals surface area contributed by atoms with Gasteiger partial charge in [0.15, 0.2) is 0 Å². The van der Waals surface area contributed by atoms with E-state index in [1.54, 1.807) is 22.0 Å². The molecule has 0 aliphatic carbocycles. The maximum absolute atomic E-state index is 12.1. The summed E-state index contributed by atoms with van der Waals surface area (Å²) in [5.74, 6) is -0.0939. The summed E-state index contributed by atoms with van der Waals surface area (Å²) < 4.78 is 2.69. The Kier molecular flexibility index (Phi) is 3.87. The molecule has 0 aromatic carbocycles. The summed E-state index contributed by atoms with van der Waals surface area (Å²) in [6.07, 6.45) is 1.85. The minimum Gasteiger partial charge on any atom is -0.345 e. The van der Waals surface area contributed by atoms with Gasteiger partial charge in [-0.3, -0.25) is 4.79 Å². The summed E-state index contributed by atoms with van der Waals surface area (Å²) in [5.41, 5.74) is 1.61. The highest BCUT2D eigenvalue weighted by molar-refractivity contribution is 9.10. The second-order valence-corrected chi connectivity index (χ2v) is 5.98. The van der Waals surface area contributed by atoms with Gasteiger partial charge < -0.3 is 9.88 Å². The summed E-state index contributed by atoms with van der Waals surface area (Å²) in [5, 5.41) is 5.86. The van der Waals surface area contributed by atoms with Crippen molar-refractivity contribution in [3.8, 4) is 0 Å². The highest BCUT2D eigenvalue weighted by Gasteiger charge is 2.16. The monoisotopic (exact) mass is 327 g/mol. The fraction of sp³-hybridized carbons (Fsp3) is 0.333. The summed E-state index contributed by atoms with van der Waals surface area (Å²) in [7, 11) is 1.85. The van der Waals surface area contributed by atoms with Crippen LogP contribution < -0.4 is 5.32 Å². The molecule has 1 atom stereocenters. The molecule has 0 radical (unpaired) electrons. The molecule has 0 aliphatic heterocycles. The zero-order chi connectivity index (χ0) is 13.3. The minimum absolute atomic E-state index is 0.0788. The fourth-order valence-corrected chi connectivity index (χ4v) is 2.98. The van der Waals surface area contributed by atoms with Crippen LogP contribution in [0.3, 0.4) is 0 Å². The van der Waals surface area contributed by atoms with Crippen molar-refractivity contribution in [2.24, 2.45) is 7.05 Å². The van der Waals surface area contributed by atoms with E-state index in [4.69, 9.17) is 0 Å². The molecule has 0 spiro atoms. The lowest BCUT2D eigenvalue weighted by Gasteiger charge is -2.11. The number of carbonyl (C=O) groups is 1. The van der Waals surface area contributed by atoms with Gasteiger partial charge in [-0.25, -0.2) is 4.98 Å². The summed E-state index contributed by atoms with van der Waals surface area (Å²) in [6.45, 7) is 3.89. The number of aromatic nitrogens is 2. The number of thiazole rings is 1. The average Bonchev–Trinajstić information content (AvgIpc) is 2.84. The van der Waals surface area contributed by atoms with Crippen molar-refractivity contribution in [2.45, 2.75) is 19.9 Å². The fourth-order valence-electron chi connectivity index (χ4n) is 1.65. The van der Waals surface area contributed by atoms with E-state index in [0.29, 0.717) is 5.69 Å². The molecule has 0 saturated heterocycles. The normalized spacial score (nSPS) is 12.4. The third-order valence-electron chi connectivity index (χ3n) is 2.56. The minimum atomic E-state index is -0.0939. The predicted octanol–water partition coefficient (Wildman–Crippen LogP) is 3.04. The second kappa shape index (κ2) is 5.24. The molecule has 6 heteroatoms. The number of aryl methyl sites for hydroxylation is 2. The molecule has 2 aromatic heterocycles. The molecule has 0 aliphatic rings. The molecule has 4 nitrogen and oxygen atoms in total. The van der Waals surface area contributed by atoms with Gasteiger partial charge in [0.05, 0.1) is 6.04 Å². The summed E-state index contributed by atoms with van der Waals surface area (Å²) >= 11 is 4.92. The van der Waals surface area contributed by atoms with E-state index in [-0.39, 0.29) is 11.9 Å². The van der Waals surface area contributed by atoms with Crippen molar-refractivity contribution in [3.63, 3.8) is 0 Å². The van der Waals surface area contributed by atoms with Crippen molar-refractivity contribution in [1.29, 1.82) is 0 Å². The van der Waals surface area contributed by atoms with Crippen LogP contribution in [0.25, 0.3) is 0 Å². The van der Waals surface area contributed by atoms with Crippen molar-refractivity contribution in [3.05, 3.63) is 38.5 Å². The Morgan fingerprint density at radius 1 is 1.61 bits per heavy atom. The van der Waals surface area contributed by atoms with Crippen LogP contribution in [0.15, 0.2) is 22.1 Å². The zero-order valence-electron chi connectivity index (χ0n) is 10.4. The first kappa shape index (κ1) is 13.3. The van der Waals surface area contributed by atoms with Gasteiger partial charge in [0.1, 0.15) is 10.7 Å². The van der Waals surface area contributed by atoms with Crippen molar-refractivity contribution >= 4 is 33.2 Å². The van der Waals surface area contributed by atoms with Gasteiger partial charge in [0, 0.05) is 28.8 Å². The number of nitrogens with zero attached hydrogens (tertiary/aromatic N) is 2. The first-order valence-electron chi connectivity index (χ1n) is 5.52. The molecular formula is C12H14BrN3OS. The highest BCUT2D eigenvalue weighted by atomic mass is 79.9. The Hall–Kier alpha value is -1.14. The zero-order valence-corrected chi connectivity index (χ0v) is 12.8. The lowest BCUT2D eigenvalue weighted by atomic mass is 10.3. The predicted molar refractivity (Wildman–Crippen MR) is 75.8 cm³/mol. The van der Waals surface area contributed by atoms with E-state index >= 15 is 0 Å². The first-order chi connectivity index (χ1) is 8.47. The van der Waals surface area contributed by atoms with Gasteiger partial charge in [-0.2, -0.15) is 0 Å². The van der Waals surface area contributed by atoms with E-state index in [2.05, 4.69) is 26.2 Å². The molecule has 0 bridgehead atoms. The molecule has 2 rings (SSSR count). The van der Waals surface area contributed by atoms with Gasteiger partial charge in [0.2, 0.25) is 0 Å². The van der Waals surface area contributed by atoms with Crippen LogP contribution in [0.1, 0.15) is 34.2 Å². The third kappa shape index (κ3) is 2.81. The average molecular weight is 328 g/mol. The summed E-state index contributed by atoms with van der Waals surface area (Å²) in [4.78, 5) is 16.5. The molecule has 1 amide bonds. The van der Waals surface area contributed by atoms with E-state index < -0.39 is 0 Å². The smallest absolute Gasteiger partial charge is 0.268 e. The van der Waals surface area contributed by atoms with Gasteiger partial charge in [-0.05, 0) is 35.8 Å². The standard InChI is InChI=1S/C12H14BrN3OS/c1-7-6-18-12(14-7)8(2)15-11(17)10-4-9(13)5-16(10)3/h4-6,8H,1-3H3,(H,15,17). The van der Waals surface area contributed by atoms with Gasteiger partial charge in [-0.15, -0.1) is 11.3 Å². The van der Waals surface area contributed by atoms with Gasteiger partial charge >= 0.3 is 0 Å². The van der Waals surface area contributed by atoms with Crippen LogP contribution in [0.2, 0.25) is 0 Å². The van der Waals surface area contributed by atoms with Crippen LogP contribution in [0, 0.1) is 6.92 Å². The maximum atomic E-state index is 12.1. The van der Waals surface area contributed by atoms with E-state index in [0.717, 1.165) is 15.2 Å². The molecule has 1 N–H and O–H groups in total. The van der Waals surface area contributed by atoms with E-state index in [1.165, 1.54) is 0 Å². The molecule has 0 fully saturated rings. The quantitative estimate of drug-likeness (QED) is 0.941. The van der Waals surface area contributed by atoms with Gasteiger partial charge in [0.25, 0.3) is 5.91 Å². The number of rotatable bonds is 3. The molecule has 2 heterocycles. The summed E-state index contributed by atoms with van der Waals surface area (Å²) in [6, 6.07) is 1.72. The second-order valence-electron chi connectivity index (χ2n) is 4.18. The van der Waals surface area contributed by atoms with Crippen molar-refractivity contribution in [1.82, 2.24) is 14.9 Å². The maximum Gasteiger partial charge on any atom is 0.268 e. The molecule has 1 unspecified atom stereocenters. The van der Waals surface area contributed by atoms with Crippen LogP contribution in [0.5, 0.6) is 0 Å². The molecule has 2 aromatic rings. The number of hydrogen-bond donors (Lipinski definition) is 1. The molecular weight excluding hydrogens is 314 g/mol. The largest absolute Gasteiger partial charge is 0.345 e. The Balaban J connectivity index is 2.10. The number of hydrogen-bond acceptors (Lipinski definition) is 3. The van der Waals surface area contributed by atoms with Gasteiger partial charge in [-0.1, -0.05) is 0 Å². The Labute approximate surface area is 118 Å². The SMILES string of the molecule is Cc1csc(C(C)NC(=O)c2cc(Br)cn2C)n1. The van der Waals surface area contributed by atoms with Crippen LogP contribution >= 0.6 is 27.3 Å². The molecule has 18 heavy (non-hydrogen) atoms. The Morgan fingerprint density at radius 2 is 2.33 bits per heavy atom. The Bertz CT molecular complexity index is 576. The molecule has 0 saturated carbocycles. The first-order valence-corrected chi connectivity index (χ1v) is 7.19. The van der Waals surface area contributed by atoms with Crippen molar-refractivity contribution in [2.75, 3.05) is 0 Å². The van der Waals surface area contributed by atoms with E-state index in [9.17, 15) is 4.79 Å². The topological polar surface area (TPSA) is 46.9 Å². The number of halogens is 1. The Morgan fingerprint density at radius 3 is 2.83 bits per heavy atom. The van der Waals surface area contributed by atoms with Crippen LogP contribution in [-0.2, 0) is 7.05 Å². The lowest BCUT2D eigenvalue weighted by molar-refractivity contribution is 0.0931. The molecule has 96 valence electrons. The van der Waals surface area contributed by atoms with Crippen LogP contribution in [0.4, 0.5) is 0 Å². The number of nitrogens with one attached hydrogen (secondary N) is 1. The van der Waals surface area contributed by atoms with Crippen molar-refractivity contribution < 1.29 is 4.79 Å². The number of carbonyl (C=O) groups excluding carboxylic acids is 1. The van der Waals surface area contributed by atoms with Crippen LogP contribution in [-0.4, -0.2) is 15.5 Å². The van der Waals surface area contributed by atoms with E-state index in [1.807, 2.05) is 32.5 Å². The third-order valence-corrected chi connectivity index (χ3v) is 4.14. The lowest BCUT2D eigenvalue weighted by Crippen LogP contribution is -2.28.